The predicted octanol–water partition coefficient (Wildman–Crippen LogP) is 1.43. The van der Waals surface area contributed by atoms with Crippen molar-refractivity contribution >= 4 is 29.1 Å². The van der Waals surface area contributed by atoms with E-state index in [1.807, 2.05) is 12.3 Å². The highest BCUT2D eigenvalue weighted by Gasteiger charge is 2.15. The average molecular weight is 246 g/mol. The van der Waals surface area contributed by atoms with Crippen molar-refractivity contribution in [1.29, 1.82) is 0 Å². The third-order valence-electron chi connectivity index (χ3n) is 1.57. The van der Waals surface area contributed by atoms with Gasteiger partial charge in [-0.1, -0.05) is 11.8 Å². The minimum absolute atomic E-state index is 0.349. The number of carbonyl (C=O) groups is 1. The van der Waals surface area contributed by atoms with Gasteiger partial charge in [0.15, 0.2) is 0 Å². The molecule has 0 spiro atoms. The van der Waals surface area contributed by atoms with Gasteiger partial charge in [-0.3, -0.25) is 4.79 Å². The third kappa shape index (κ3) is 4.19. The molecule has 1 aromatic rings. The number of rotatable bonds is 5. The number of hydrogen-bond donors (Lipinski definition) is 1. The number of nitrogens with zero attached hydrogens (tertiary/aromatic N) is 1. The zero-order valence-electron chi connectivity index (χ0n) is 8.73. The fourth-order valence-corrected chi connectivity index (χ4v) is 2.69. The van der Waals surface area contributed by atoms with Gasteiger partial charge in [0.2, 0.25) is 0 Å². The summed E-state index contributed by atoms with van der Waals surface area (Å²) in [6.45, 7) is 4.07. The Labute approximate surface area is 97.2 Å². The van der Waals surface area contributed by atoms with Gasteiger partial charge < -0.3 is 10.5 Å². The number of thiazole rings is 1. The maximum absolute atomic E-state index is 11.2. The monoisotopic (exact) mass is 246 g/mol. The molecule has 0 saturated heterocycles. The Balaban J connectivity index is 2.33. The van der Waals surface area contributed by atoms with Crippen LogP contribution in [0.2, 0.25) is 0 Å². The molecule has 0 saturated carbocycles. The van der Waals surface area contributed by atoms with Gasteiger partial charge in [0.25, 0.3) is 0 Å². The van der Waals surface area contributed by atoms with E-state index in [0.717, 1.165) is 10.0 Å². The van der Waals surface area contributed by atoms with Crippen LogP contribution in [0.4, 0.5) is 0 Å². The van der Waals surface area contributed by atoms with Gasteiger partial charge in [-0.2, -0.15) is 0 Å². The average Bonchev–Trinajstić information content (AvgIpc) is 2.61. The van der Waals surface area contributed by atoms with Crippen LogP contribution in [-0.2, 0) is 9.53 Å². The van der Waals surface area contributed by atoms with Gasteiger partial charge in [0.05, 0.1) is 6.61 Å². The van der Waals surface area contributed by atoms with E-state index in [-0.39, 0.29) is 5.97 Å². The van der Waals surface area contributed by atoms with Gasteiger partial charge >= 0.3 is 5.97 Å². The summed E-state index contributed by atoms with van der Waals surface area (Å²) >= 11 is 3.05. The van der Waals surface area contributed by atoms with E-state index in [9.17, 15) is 4.79 Å². The normalized spacial score (nSPS) is 12.5. The standard InChI is InChI=1S/C9H14N2O2S2/c1-3-13-8(12)7(10)5-15-9-11-6(2)4-14-9/h4,7H,3,5,10H2,1-2H3. The van der Waals surface area contributed by atoms with Crippen molar-refractivity contribution in [3.05, 3.63) is 11.1 Å². The SMILES string of the molecule is CCOC(=O)C(N)CSc1nc(C)cs1. The molecule has 6 heteroatoms. The Bertz CT molecular complexity index is 328. The summed E-state index contributed by atoms with van der Waals surface area (Å²) < 4.78 is 5.74. The molecule has 0 aliphatic heterocycles. The van der Waals surface area contributed by atoms with Crippen molar-refractivity contribution < 1.29 is 9.53 Å². The quantitative estimate of drug-likeness (QED) is 0.629. The van der Waals surface area contributed by atoms with Gasteiger partial charge in [-0.15, -0.1) is 11.3 Å². The topological polar surface area (TPSA) is 65.2 Å². The van der Waals surface area contributed by atoms with E-state index in [1.165, 1.54) is 11.8 Å². The Morgan fingerprint density at radius 2 is 2.53 bits per heavy atom. The van der Waals surface area contributed by atoms with Gasteiger partial charge in [-0.05, 0) is 13.8 Å². The molecule has 15 heavy (non-hydrogen) atoms. The summed E-state index contributed by atoms with van der Waals surface area (Å²) in [7, 11) is 0. The second-order valence-electron chi connectivity index (χ2n) is 2.92. The van der Waals surface area contributed by atoms with E-state index < -0.39 is 6.04 Å². The number of aryl methyl sites for hydroxylation is 1. The fourth-order valence-electron chi connectivity index (χ4n) is 0.877. The Kier molecular flexibility index (Phi) is 5.07. The molecule has 84 valence electrons. The van der Waals surface area contributed by atoms with Crippen LogP contribution in [0.1, 0.15) is 12.6 Å². The van der Waals surface area contributed by atoms with E-state index in [1.54, 1.807) is 18.3 Å². The van der Waals surface area contributed by atoms with Crippen LogP contribution in [-0.4, -0.2) is 29.4 Å². The number of aromatic nitrogens is 1. The molecule has 0 amide bonds. The van der Waals surface area contributed by atoms with Gasteiger partial charge in [-0.25, -0.2) is 4.98 Å². The molecule has 0 aliphatic rings. The van der Waals surface area contributed by atoms with Crippen LogP contribution < -0.4 is 5.73 Å². The molecule has 0 aliphatic carbocycles. The molecule has 0 fully saturated rings. The molecular formula is C9H14N2O2S2. The lowest BCUT2D eigenvalue weighted by atomic mass is 10.4. The molecule has 0 radical (unpaired) electrons. The van der Waals surface area contributed by atoms with Crippen LogP contribution in [0.25, 0.3) is 0 Å². The summed E-state index contributed by atoms with van der Waals surface area (Å²) in [5.74, 6) is 0.157. The zero-order chi connectivity index (χ0) is 11.3. The summed E-state index contributed by atoms with van der Waals surface area (Å²) in [5, 5.41) is 1.97. The van der Waals surface area contributed by atoms with Crippen molar-refractivity contribution in [2.24, 2.45) is 5.73 Å². The first-order valence-electron chi connectivity index (χ1n) is 4.60. The Hall–Kier alpha value is -0.590. The van der Waals surface area contributed by atoms with Crippen molar-refractivity contribution in [2.45, 2.75) is 24.2 Å². The summed E-state index contributed by atoms with van der Waals surface area (Å²) in [6, 6.07) is -0.570. The van der Waals surface area contributed by atoms with Crippen LogP contribution >= 0.6 is 23.1 Å². The molecule has 1 heterocycles. The van der Waals surface area contributed by atoms with E-state index in [2.05, 4.69) is 4.98 Å². The van der Waals surface area contributed by atoms with E-state index in [4.69, 9.17) is 10.5 Å². The lowest BCUT2D eigenvalue weighted by Gasteiger charge is -2.08. The first-order chi connectivity index (χ1) is 7.13. The molecule has 0 bridgehead atoms. The molecular weight excluding hydrogens is 232 g/mol. The maximum atomic E-state index is 11.2. The minimum atomic E-state index is -0.570. The highest BCUT2D eigenvalue weighted by atomic mass is 32.2. The highest BCUT2D eigenvalue weighted by Crippen LogP contribution is 2.22. The summed E-state index contributed by atoms with van der Waals surface area (Å²) in [5.41, 5.74) is 6.63. The molecule has 1 unspecified atom stereocenters. The number of carbonyl (C=O) groups excluding carboxylic acids is 1. The number of hydrogen-bond acceptors (Lipinski definition) is 6. The number of nitrogens with two attached hydrogens (primary N) is 1. The molecule has 4 nitrogen and oxygen atoms in total. The first-order valence-corrected chi connectivity index (χ1v) is 6.47. The smallest absolute Gasteiger partial charge is 0.323 e. The van der Waals surface area contributed by atoms with Crippen molar-refractivity contribution in [3.63, 3.8) is 0 Å². The molecule has 1 rings (SSSR count). The molecule has 1 atom stereocenters. The van der Waals surface area contributed by atoms with Crippen LogP contribution in [0.5, 0.6) is 0 Å². The Morgan fingerprint density at radius 3 is 3.07 bits per heavy atom. The molecule has 1 aromatic heterocycles. The Morgan fingerprint density at radius 1 is 1.80 bits per heavy atom. The third-order valence-corrected chi connectivity index (χ3v) is 3.83. The number of ether oxygens (including phenoxy) is 1. The van der Waals surface area contributed by atoms with Crippen molar-refractivity contribution in [3.8, 4) is 0 Å². The minimum Gasteiger partial charge on any atom is -0.465 e. The van der Waals surface area contributed by atoms with Crippen LogP contribution in [0.15, 0.2) is 9.72 Å². The molecule has 0 aromatic carbocycles. The predicted molar refractivity (Wildman–Crippen MR) is 62.2 cm³/mol. The first kappa shape index (κ1) is 12.5. The second kappa shape index (κ2) is 6.09. The number of thioether (sulfide) groups is 1. The van der Waals surface area contributed by atoms with Crippen LogP contribution in [0.3, 0.4) is 0 Å². The van der Waals surface area contributed by atoms with Gasteiger partial charge in [0.1, 0.15) is 10.4 Å². The van der Waals surface area contributed by atoms with Crippen LogP contribution in [0, 0.1) is 6.92 Å². The lowest BCUT2D eigenvalue weighted by Crippen LogP contribution is -2.34. The van der Waals surface area contributed by atoms with Gasteiger partial charge in [0, 0.05) is 16.8 Å². The second-order valence-corrected chi connectivity index (χ2v) is 5.05. The number of esters is 1. The zero-order valence-corrected chi connectivity index (χ0v) is 10.4. The highest BCUT2D eigenvalue weighted by molar-refractivity contribution is 8.01. The van der Waals surface area contributed by atoms with Crippen molar-refractivity contribution in [1.82, 2.24) is 4.98 Å². The maximum Gasteiger partial charge on any atom is 0.323 e. The van der Waals surface area contributed by atoms with Crippen molar-refractivity contribution in [2.75, 3.05) is 12.4 Å². The fraction of sp³-hybridized carbons (Fsp3) is 0.556. The lowest BCUT2D eigenvalue weighted by molar-refractivity contribution is -0.144. The van der Waals surface area contributed by atoms with E-state index in [0.29, 0.717) is 12.4 Å². The van der Waals surface area contributed by atoms with E-state index >= 15 is 0 Å². The largest absolute Gasteiger partial charge is 0.465 e. The summed E-state index contributed by atoms with van der Waals surface area (Å²) in [6.07, 6.45) is 0. The molecule has 2 N–H and O–H groups in total. The summed E-state index contributed by atoms with van der Waals surface area (Å²) in [4.78, 5) is 15.5.